The Balaban J connectivity index is 2.10. The number of nitrogens with one attached hydrogen (secondary N) is 1. The summed E-state index contributed by atoms with van der Waals surface area (Å²) in [6, 6.07) is 5.29. The van der Waals surface area contributed by atoms with Crippen molar-refractivity contribution >= 4 is 17.1 Å². The van der Waals surface area contributed by atoms with E-state index in [9.17, 15) is 10.1 Å². The SMILES string of the molecule is CC1CCCCC1Nc1ccc([N+](=O)[O-])c(N)c1. The van der Waals surface area contributed by atoms with Crippen LogP contribution < -0.4 is 11.1 Å². The van der Waals surface area contributed by atoms with Gasteiger partial charge in [-0.05, 0) is 30.9 Å². The number of benzene rings is 1. The highest BCUT2D eigenvalue weighted by atomic mass is 16.6. The lowest BCUT2D eigenvalue weighted by molar-refractivity contribution is -0.383. The van der Waals surface area contributed by atoms with Crippen molar-refractivity contribution in [3.8, 4) is 0 Å². The van der Waals surface area contributed by atoms with Crippen molar-refractivity contribution in [2.24, 2.45) is 5.92 Å². The zero-order chi connectivity index (χ0) is 13.1. The summed E-state index contributed by atoms with van der Waals surface area (Å²) in [6.07, 6.45) is 4.92. The molecule has 2 unspecified atom stereocenters. The van der Waals surface area contributed by atoms with Crippen molar-refractivity contribution in [3.63, 3.8) is 0 Å². The molecule has 1 saturated carbocycles. The fourth-order valence-corrected chi connectivity index (χ4v) is 2.56. The Morgan fingerprint density at radius 2 is 2.11 bits per heavy atom. The minimum atomic E-state index is -0.456. The molecule has 0 heterocycles. The molecule has 2 atom stereocenters. The van der Waals surface area contributed by atoms with Gasteiger partial charge in [0.2, 0.25) is 0 Å². The molecule has 1 aromatic carbocycles. The average Bonchev–Trinajstić information content (AvgIpc) is 2.32. The van der Waals surface area contributed by atoms with Crippen LogP contribution in [0.4, 0.5) is 17.1 Å². The molecule has 0 aliphatic heterocycles. The Morgan fingerprint density at radius 3 is 2.72 bits per heavy atom. The van der Waals surface area contributed by atoms with Gasteiger partial charge in [-0.25, -0.2) is 0 Å². The number of rotatable bonds is 3. The Hall–Kier alpha value is -1.78. The van der Waals surface area contributed by atoms with Crippen LogP contribution >= 0.6 is 0 Å². The highest BCUT2D eigenvalue weighted by molar-refractivity contribution is 5.66. The van der Waals surface area contributed by atoms with Gasteiger partial charge in [0.25, 0.3) is 5.69 Å². The maximum Gasteiger partial charge on any atom is 0.292 e. The largest absolute Gasteiger partial charge is 0.393 e. The third-order valence-electron chi connectivity index (χ3n) is 3.69. The summed E-state index contributed by atoms with van der Waals surface area (Å²) in [6.45, 7) is 2.24. The van der Waals surface area contributed by atoms with Crippen LogP contribution in [-0.4, -0.2) is 11.0 Å². The topological polar surface area (TPSA) is 81.2 Å². The first-order chi connectivity index (χ1) is 8.58. The first kappa shape index (κ1) is 12.7. The molecule has 3 N–H and O–H groups in total. The maximum atomic E-state index is 10.7. The van der Waals surface area contributed by atoms with E-state index in [4.69, 9.17) is 5.73 Å². The molecule has 1 aliphatic rings. The lowest BCUT2D eigenvalue weighted by Crippen LogP contribution is -2.30. The van der Waals surface area contributed by atoms with Crippen LogP contribution in [0.5, 0.6) is 0 Å². The summed E-state index contributed by atoms with van der Waals surface area (Å²) in [4.78, 5) is 10.2. The smallest absolute Gasteiger partial charge is 0.292 e. The molecule has 1 fully saturated rings. The number of nitro groups is 1. The first-order valence-corrected chi connectivity index (χ1v) is 6.38. The van der Waals surface area contributed by atoms with Gasteiger partial charge >= 0.3 is 0 Å². The summed E-state index contributed by atoms with van der Waals surface area (Å²) in [5.41, 5.74) is 6.74. The van der Waals surface area contributed by atoms with Crippen molar-refractivity contribution < 1.29 is 4.92 Å². The number of nitrogens with zero attached hydrogens (tertiary/aromatic N) is 1. The predicted octanol–water partition coefficient (Wildman–Crippen LogP) is 3.17. The van der Waals surface area contributed by atoms with Crippen molar-refractivity contribution in [1.29, 1.82) is 0 Å². The van der Waals surface area contributed by atoms with Crippen molar-refractivity contribution in [3.05, 3.63) is 28.3 Å². The fraction of sp³-hybridized carbons (Fsp3) is 0.538. The maximum absolute atomic E-state index is 10.7. The van der Waals surface area contributed by atoms with Gasteiger partial charge in [0.1, 0.15) is 5.69 Å². The Labute approximate surface area is 107 Å². The molecule has 18 heavy (non-hydrogen) atoms. The molecule has 0 bridgehead atoms. The lowest BCUT2D eigenvalue weighted by Gasteiger charge is -2.30. The van der Waals surface area contributed by atoms with E-state index in [0.717, 1.165) is 12.1 Å². The Bertz CT molecular complexity index is 448. The van der Waals surface area contributed by atoms with E-state index in [1.54, 1.807) is 12.1 Å². The van der Waals surface area contributed by atoms with Gasteiger partial charge in [-0.2, -0.15) is 0 Å². The quantitative estimate of drug-likeness (QED) is 0.489. The van der Waals surface area contributed by atoms with Gasteiger partial charge in [0.15, 0.2) is 0 Å². The molecule has 2 rings (SSSR count). The zero-order valence-electron chi connectivity index (χ0n) is 10.6. The molecule has 1 aliphatic carbocycles. The molecular formula is C13H19N3O2. The summed E-state index contributed by atoms with van der Waals surface area (Å²) in [5, 5.41) is 14.1. The summed E-state index contributed by atoms with van der Waals surface area (Å²) >= 11 is 0. The summed E-state index contributed by atoms with van der Waals surface area (Å²) < 4.78 is 0. The van der Waals surface area contributed by atoms with Gasteiger partial charge in [0, 0.05) is 17.8 Å². The van der Waals surface area contributed by atoms with Gasteiger partial charge in [-0.3, -0.25) is 10.1 Å². The fourth-order valence-electron chi connectivity index (χ4n) is 2.56. The molecule has 98 valence electrons. The number of hydrogen-bond acceptors (Lipinski definition) is 4. The number of nitro benzene ring substituents is 1. The molecule has 0 radical (unpaired) electrons. The van der Waals surface area contributed by atoms with Gasteiger partial charge in [-0.15, -0.1) is 0 Å². The Morgan fingerprint density at radius 1 is 1.39 bits per heavy atom. The number of anilines is 2. The van der Waals surface area contributed by atoms with Gasteiger partial charge < -0.3 is 11.1 Å². The standard InChI is InChI=1S/C13H19N3O2/c1-9-4-2-3-5-12(9)15-10-6-7-13(16(17)18)11(14)8-10/h6-9,12,15H,2-5,14H2,1H3. The number of nitrogen functional groups attached to an aromatic ring is 1. The zero-order valence-corrected chi connectivity index (χ0v) is 10.6. The normalized spacial score (nSPS) is 23.6. The van der Waals surface area contributed by atoms with Crippen LogP contribution in [0.3, 0.4) is 0 Å². The van der Waals surface area contributed by atoms with E-state index in [1.807, 2.05) is 0 Å². The molecule has 1 aromatic rings. The molecule has 0 amide bonds. The minimum absolute atomic E-state index is 0.0303. The molecule has 0 aromatic heterocycles. The first-order valence-electron chi connectivity index (χ1n) is 6.38. The van der Waals surface area contributed by atoms with Crippen LogP contribution in [0, 0.1) is 16.0 Å². The number of nitrogens with two attached hydrogens (primary N) is 1. The average molecular weight is 249 g/mol. The van der Waals surface area contributed by atoms with E-state index in [2.05, 4.69) is 12.2 Å². The van der Waals surface area contributed by atoms with Crippen LogP contribution in [0.2, 0.25) is 0 Å². The molecule has 0 spiro atoms. The third-order valence-corrected chi connectivity index (χ3v) is 3.69. The van der Waals surface area contributed by atoms with E-state index in [0.29, 0.717) is 12.0 Å². The second-order valence-corrected chi connectivity index (χ2v) is 5.04. The molecule has 0 saturated heterocycles. The van der Waals surface area contributed by atoms with E-state index in [1.165, 1.54) is 25.3 Å². The van der Waals surface area contributed by atoms with Crippen molar-refractivity contribution in [1.82, 2.24) is 0 Å². The minimum Gasteiger partial charge on any atom is -0.393 e. The highest BCUT2D eigenvalue weighted by Crippen LogP contribution is 2.29. The van der Waals surface area contributed by atoms with E-state index < -0.39 is 4.92 Å². The third kappa shape index (κ3) is 2.72. The summed E-state index contributed by atoms with van der Waals surface area (Å²) in [5.74, 6) is 0.634. The second-order valence-electron chi connectivity index (χ2n) is 5.04. The van der Waals surface area contributed by atoms with Crippen molar-refractivity contribution in [2.75, 3.05) is 11.1 Å². The van der Waals surface area contributed by atoms with E-state index >= 15 is 0 Å². The molecular weight excluding hydrogens is 230 g/mol. The van der Waals surface area contributed by atoms with Crippen LogP contribution in [0.15, 0.2) is 18.2 Å². The lowest BCUT2D eigenvalue weighted by atomic mass is 9.86. The second kappa shape index (κ2) is 5.25. The molecule has 5 nitrogen and oxygen atoms in total. The molecule has 5 heteroatoms. The van der Waals surface area contributed by atoms with Crippen LogP contribution in [0.25, 0.3) is 0 Å². The van der Waals surface area contributed by atoms with Crippen LogP contribution in [-0.2, 0) is 0 Å². The van der Waals surface area contributed by atoms with E-state index in [-0.39, 0.29) is 11.4 Å². The number of hydrogen-bond donors (Lipinski definition) is 2. The van der Waals surface area contributed by atoms with Crippen LogP contribution in [0.1, 0.15) is 32.6 Å². The van der Waals surface area contributed by atoms with Gasteiger partial charge in [0.05, 0.1) is 4.92 Å². The Kier molecular flexibility index (Phi) is 3.69. The van der Waals surface area contributed by atoms with Crippen molar-refractivity contribution in [2.45, 2.75) is 38.6 Å². The highest BCUT2D eigenvalue weighted by Gasteiger charge is 2.21. The van der Waals surface area contributed by atoms with Gasteiger partial charge in [-0.1, -0.05) is 19.8 Å². The predicted molar refractivity (Wildman–Crippen MR) is 72.6 cm³/mol. The monoisotopic (exact) mass is 249 g/mol. The summed E-state index contributed by atoms with van der Waals surface area (Å²) in [7, 11) is 0.